The van der Waals surface area contributed by atoms with E-state index in [2.05, 4.69) is 4.90 Å². The lowest BCUT2D eigenvalue weighted by Crippen LogP contribution is -2.45. The van der Waals surface area contributed by atoms with E-state index >= 15 is 0 Å². The van der Waals surface area contributed by atoms with Gasteiger partial charge < -0.3 is 4.74 Å². The summed E-state index contributed by atoms with van der Waals surface area (Å²) in [5, 5.41) is 0.497. The van der Waals surface area contributed by atoms with Crippen molar-refractivity contribution >= 4 is 11.6 Å². The lowest BCUT2D eigenvalue weighted by Gasteiger charge is -2.35. The Morgan fingerprint density at radius 3 is 2.59 bits per heavy atom. The lowest BCUT2D eigenvalue weighted by atomic mass is 10.1. The van der Waals surface area contributed by atoms with Gasteiger partial charge in [-0.25, -0.2) is 4.39 Å². The predicted molar refractivity (Wildman–Crippen MR) is 66.7 cm³/mol. The number of nitrogens with zero attached hydrogens (tertiary/aromatic N) is 1. The van der Waals surface area contributed by atoms with Crippen LogP contribution in [-0.2, 0) is 11.3 Å². The van der Waals surface area contributed by atoms with E-state index in [1.54, 1.807) is 12.1 Å². The molecule has 4 heteroatoms. The molecule has 0 aliphatic carbocycles. The minimum atomic E-state index is -0.232. The maximum Gasteiger partial charge on any atom is 0.129 e. The Morgan fingerprint density at radius 2 is 2.00 bits per heavy atom. The summed E-state index contributed by atoms with van der Waals surface area (Å²) < 4.78 is 19.3. The Kier molecular flexibility index (Phi) is 4.02. The Hall–Kier alpha value is -0.640. The molecule has 0 spiro atoms. The maximum atomic E-state index is 13.7. The van der Waals surface area contributed by atoms with Crippen molar-refractivity contribution in [2.75, 3.05) is 13.1 Å². The lowest BCUT2D eigenvalue weighted by molar-refractivity contribution is -0.0707. The second-order valence-corrected chi connectivity index (χ2v) is 5.06. The number of halogens is 2. The average molecular weight is 258 g/mol. The highest BCUT2D eigenvalue weighted by Crippen LogP contribution is 2.22. The van der Waals surface area contributed by atoms with Crippen LogP contribution in [0, 0.1) is 5.82 Å². The molecule has 2 atom stereocenters. The van der Waals surface area contributed by atoms with Crippen molar-refractivity contribution in [2.45, 2.75) is 32.6 Å². The fraction of sp³-hybridized carbons (Fsp3) is 0.538. The first-order valence-electron chi connectivity index (χ1n) is 5.87. The van der Waals surface area contributed by atoms with Gasteiger partial charge in [-0.15, -0.1) is 0 Å². The number of morpholine rings is 1. The smallest absolute Gasteiger partial charge is 0.129 e. The molecule has 94 valence electrons. The summed E-state index contributed by atoms with van der Waals surface area (Å²) in [6.07, 6.45) is 0.369. The molecule has 2 nitrogen and oxygen atoms in total. The molecule has 0 aromatic heterocycles. The topological polar surface area (TPSA) is 12.5 Å². The van der Waals surface area contributed by atoms with Crippen LogP contribution in [0.2, 0.25) is 5.02 Å². The molecule has 2 rings (SSSR count). The van der Waals surface area contributed by atoms with Crippen LogP contribution in [0.1, 0.15) is 19.4 Å². The molecule has 1 fully saturated rings. The van der Waals surface area contributed by atoms with Crippen molar-refractivity contribution in [1.29, 1.82) is 0 Å². The van der Waals surface area contributed by atoms with Crippen LogP contribution in [-0.4, -0.2) is 30.2 Å². The third-order valence-electron chi connectivity index (χ3n) is 2.94. The fourth-order valence-electron chi connectivity index (χ4n) is 2.32. The highest BCUT2D eigenvalue weighted by molar-refractivity contribution is 6.31. The van der Waals surface area contributed by atoms with E-state index in [1.165, 1.54) is 6.07 Å². The van der Waals surface area contributed by atoms with Crippen LogP contribution in [0.4, 0.5) is 4.39 Å². The van der Waals surface area contributed by atoms with Crippen molar-refractivity contribution in [3.63, 3.8) is 0 Å². The van der Waals surface area contributed by atoms with Crippen molar-refractivity contribution < 1.29 is 9.13 Å². The quantitative estimate of drug-likeness (QED) is 0.807. The summed E-state index contributed by atoms with van der Waals surface area (Å²) in [5.74, 6) is -0.232. The second kappa shape index (κ2) is 5.34. The normalized spacial score (nSPS) is 26.1. The van der Waals surface area contributed by atoms with Gasteiger partial charge in [0.1, 0.15) is 5.82 Å². The van der Waals surface area contributed by atoms with Crippen LogP contribution in [0.3, 0.4) is 0 Å². The molecular formula is C13H17ClFNO. The molecule has 1 saturated heterocycles. The molecular weight excluding hydrogens is 241 g/mol. The number of hydrogen-bond donors (Lipinski definition) is 0. The molecule has 0 amide bonds. The van der Waals surface area contributed by atoms with Crippen molar-refractivity contribution in [1.82, 2.24) is 4.90 Å². The molecule has 1 heterocycles. The number of ether oxygens (including phenoxy) is 1. The Bertz CT molecular complexity index is 369. The van der Waals surface area contributed by atoms with Gasteiger partial charge >= 0.3 is 0 Å². The molecule has 0 N–H and O–H groups in total. The van der Waals surface area contributed by atoms with E-state index in [0.29, 0.717) is 17.1 Å². The van der Waals surface area contributed by atoms with Crippen molar-refractivity contribution in [3.8, 4) is 0 Å². The maximum absolute atomic E-state index is 13.7. The Labute approximate surface area is 106 Å². The second-order valence-electron chi connectivity index (χ2n) is 4.65. The van der Waals surface area contributed by atoms with E-state index in [9.17, 15) is 4.39 Å². The van der Waals surface area contributed by atoms with Gasteiger partial charge in [-0.1, -0.05) is 17.7 Å². The van der Waals surface area contributed by atoms with Crippen molar-refractivity contribution in [2.24, 2.45) is 0 Å². The third kappa shape index (κ3) is 3.18. The zero-order valence-electron chi connectivity index (χ0n) is 10.1. The first-order chi connectivity index (χ1) is 8.06. The summed E-state index contributed by atoms with van der Waals surface area (Å²) in [6.45, 7) is 6.24. The number of rotatable bonds is 2. The largest absolute Gasteiger partial charge is 0.373 e. The fourth-order valence-corrected chi connectivity index (χ4v) is 2.54. The summed E-state index contributed by atoms with van der Waals surface area (Å²) in [7, 11) is 0. The molecule has 1 aromatic rings. The van der Waals surface area contributed by atoms with Gasteiger partial charge in [-0.3, -0.25) is 4.90 Å². The molecule has 17 heavy (non-hydrogen) atoms. The van der Waals surface area contributed by atoms with E-state index in [-0.39, 0.29) is 18.0 Å². The minimum Gasteiger partial charge on any atom is -0.373 e. The number of hydrogen-bond acceptors (Lipinski definition) is 2. The van der Waals surface area contributed by atoms with Gasteiger partial charge in [0.25, 0.3) is 0 Å². The molecule has 0 radical (unpaired) electrons. The first kappa shape index (κ1) is 12.8. The predicted octanol–water partition coefficient (Wildman–Crippen LogP) is 3.09. The van der Waals surface area contributed by atoms with Gasteiger partial charge in [0.15, 0.2) is 0 Å². The Balaban J connectivity index is 2.10. The average Bonchev–Trinajstić information content (AvgIpc) is 2.22. The zero-order valence-corrected chi connectivity index (χ0v) is 10.9. The SMILES string of the molecule is C[C@H]1CN(Cc2c(F)cccc2Cl)C[C@H](C)O1. The van der Waals surface area contributed by atoms with Gasteiger partial charge in [-0.2, -0.15) is 0 Å². The summed E-state index contributed by atoms with van der Waals surface area (Å²) in [5.41, 5.74) is 0.579. The van der Waals surface area contributed by atoms with Crippen LogP contribution in [0.5, 0.6) is 0 Å². The highest BCUT2D eigenvalue weighted by Gasteiger charge is 2.23. The standard InChI is InChI=1S/C13H17ClFNO/c1-9-6-16(7-10(2)17-9)8-11-12(14)4-3-5-13(11)15/h3-5,9-10H,6-8H2,1-2H3/t9-,10-/m0/s1. The Morgan fingerprint density at radius 1 is 1.35 bits per heavy atom. The van der Waals surface area contributed by atoms with E-state index in [0.717, 1.165) is 13.1 Å². The van der Waals surface area contributed by atoms with Gasteiger partial charge in [0.2, 0.25) is 0 Å². The molecule has 0 saturated carbocycles. The monoisotopic (exact) mass is 257 g/mol. The van der Waals surface area contributed by atoms with Gasteiger partial charge in [0, 0.05) is 30.2 Å². The van der Waals surface area contributed by atoms with Crippen LogP contribution < -0.4 is 0 Å². The minimum absolute atomic E-state index is 0.185. The van der Waals surface area contributed by atoms with Crippen LogP contribution in [0.25, 0.3) is 0 Å². The number of benzene rings is 1. The molecule has 1 aromatic carbocycles. The summed E-state index contributed by atoms with van der Waals surface area (Å²) in [4.78, 5) is 2.18. The van der Waals surface area contributed by atoms with Crippen LogP contribution >= 0.6 is 11.6 Å². The van der Waals surface area contributed by atoms with Crippen molar-refractivity contribution in [3.05, 3.63) is 34.6 Å². The first-order valence-corrected chi connectivity index (χ1v) is 6.24. The molecule has 0 bridgehead atoms. The molecule has 0 unspecified atom stereocenters. The van der Waals surface area contributed by atoms with Gasteiger partial charge in [0.05, 0.1) is 12.2 Å². The van der Waals surface area contributed by atoms with E-state index in [4.69, 9.17) is 16.3 Å². The van der Waals surface area contributed by atoms with E-state index < -0.39 is 0 Å². The summed E-state index contributed by atoms with van der Waals surface area (Å²) in [6, 6.07) is 4.81. The third-order valence-corrected chi connectivity index (χ3v) is 3.29. The van der Waals surface area contributed by atoms with E-state index in [1.807, 2.05) is 13.8 Å². The molecule has 1 aliphatic heterocycles. The summed E-state index contributed by atoms with van der Waals surface area (Å²) >= 11 is 6.02. The molecule has 1 aliphatic rings. The highest BCUT2D eigenvalue weighted by atomic mass is 35.5. The van der Waals surface area contributed by atoms with Crippen LogP contribution in [0.15, 0.2) is 18.2 Å². The van der Waals surface area contributed by atoms with Gasteiger partial charge in [-0.05, 0) is 26.0 Å². The zero-order chi connectivity index (χ0) is 12.4.